The highest BCUT2D eigenvalue weighted by molar-refractivity contribution is 8.03. The summed E-state index contributed by atoms with van der Waals surface area (Å²) >= 11 is 1.55. The fourth-order valence-corrected chi connectivity index (χ4v) is 6.80. The number of fused-ring (bicyclic) bond motifs is 1. The van der Waals surface area contributed by atoms with E-state index in [0.29, 0.717) is 30.6 Å². The van der Waals surface area contributed by atoms with E-state index in [0.717, 1.165) is 28.8 Å². The first-order valence-electron chi connectivity index (χ1n) is 10.2. The topological polar surface area (TPSA) is 56.3 Å². The third-order valence-corrected chi connectivity index (χ3v) is 8.49. The van der Waals surface area contributed by atoms with Crippen molar-refractivity contribution in [3.05, 3.63) is 36.4 Å². The number of carbonyl (C=O) groups excluding carboxylic acids is 1. The van der Waals surface area contributed by atoms with Gasteiger partial charge in [-0.3, -0.25) is 4.79 Å². The fraction of sp³-hybridized carbons (Fsp3) is 0.545. The van der Waals surface area contributed by atoms with Crippen LogP contribution >= 0.6 is 19.6 Å². The number of pyridine rings is 1. The minimum absolute atomic E-state index is 0.148. The summed E-state index contributed by atoms with van der Waals surface area (Å²) in [4.78, 5) is 16.7. The average molecular weight is 419 g/mol. The third kappa shape index (κ3) is 6.28. The molecule has 0 spiro atoms. The second-order valence-corrected chi connectivity index (χ2v) is 10.5. The Balaban J connectivity index is 1.57. The number of benzene rings is 1. The molecule has 1 aromatic carbocycles. The molecule has 2 unspecified atom stereocenters. The van der Waals surface area contributed by atoms with Crippen LogP contribution in [0.2, 0.25) is 0 Å². The molecule has 0 N–H and O–H groups in total. The normalized spacial score (nSPS) is 16.7. The van der Waals surface area contributed by atoms with Crippen LogP contribution in [-0.2, 0) is 14.1 Å². The van der Waals surface area contributed by atoms with Gasteiger partial charge >= 0.3 is 13.8 Å². The van der Waals surface area contributed by atoms with Gasteiger partial charge in [0.15, 0.2) is 11.7 Å². The second-order valence-electron chi connectivity index (χ2n) is 7.45. The van der Waals surface area contributed by atoms with Gasteiger partial charge in [-0.25, -0.2) is 4.98 Å². The van der Waals surface area contributed by atoms with E-state index in [2.05, 4.69) is 11.1 Å². The molecule has 150 valence electrons. The largest absolute Gasteiger partial charge is 0.466 e. The van der Waals surface area contributed by atoms with E-state index in [1.807, 2.05) is 37.3 Å². The quantitative estimate of drug-likeness (QED) is 0.273. The van der Waals surface area contributed by atoms with E-state index < -0.39 is 7.80 Å². The van der Waals surface area contributed by atoms with Crippen molar-refractivity contribution < 1.29 is 14.1 Å². The number of para-hydroxylation sites is 1. The highest BCUT2D eigenvalue weighted by Crippen LogP contribution is 2.40. The van der Waals surface area contributed by atoms with Gasteiger partial charge in [-0.15, -0.1) is 0 Å². The number of hydrogen-bond donors (Lipinski definition) is 0. The molecule has 1 aliphatic carbocycles. The monoisotopic (exact) mass is 418 g/mol. The molecule has 0 aliphatic heterocycles. The summed E-state index contributed by atoms with van der Waals surface area (Å²) in [6, 6.07) is 12.1. The van der Waals surface area contributed by atoms with Crippen LogP contribution in [0, 0.1) is 11.8 Å². The number of esters is 1. The van der Waals surface area contributed by atoms with Crippen LogP contribution in [0.3, 0.4) is 0 Å². The van der Waals surface area contributed by atoms with E-state index in [4.69, 9.17) is 4.74 Å². The maximum absolute atomic E-state index is 12.8. The van der Waals surface area contributed by atoms with E-state index >= 15 is 0 Å². The molecule has 4 nitrogen and oxygen atoms in total. The number of nitrogens with zero attached hydrogens (tertiary/aromatic N) is 1. The first-order valence-corrected chi connectivity index (χ1v) is 12.8. The lowest BCUT2D eigenvalue weighted by atomic mass is 9.79. The molecule has 1 aromatic heterocycles. The lowest BCUT2D eigenvalue weighted by Gasteiger charge is -2.27. The zero-order valence-corrected chi connectivity index (χ0v) is 18.2. The zero-order chi connectivity index (χ0) is 19.8. The predicted molar refractivity (Wildman–Crippen MR) is 116 cm³/mol. The van der Waals surface area contributed by atoms with Crippen LogP contribution < -0.4 is 0 Å². The van der Waals surface area contributed by atoms with Crippen molar-refractivity contribution in [2.24, 2.45) is 11.8 Å². The van der Waals surface area contributed by atoms with Crippen molar-refractivity contribution in [3.63, 3.8) is 0 Å². The van der Waals surface area contributed by atoms with Crippen LogP contribution in [0.4, 0.5) is 0 Å². The Morgan fingerprint density at radius 2 is 2.00 bits per heavy atom. The van der Waals surface area contributed by atoms with E-state index in [1.165, 1.54) is 19.3 Å². The summed E-state index contributed by atoms with van der Waals surface area (Å²) in [5, 5.41) is 2.02. The SMILES string of the molecule is CCOC(=O)CC(C[P+](=O)CSc1ccc2ccccc2n1)C1CCCCC1. The Bertz CT molecular complexity index is 807. The lowest BCUT2D eigenvalue weighted by molar-refractivity contribution is -0.144. The van der Waals surface area contributed by atoms with Gasteiger partial charge in [0.2, 0.25) is 0 Å². The van der Waals surface area contributed by atoms with Crippen molar-refractivity contribution in [1.82, 2.24) is 4.98 Å². The Morgan fingerprint density at radius 3 is 2.79 bits per heavy atom. The summed E-state index contributed by atoms with van der Waals surface area (Å²) < 4.78 is 18.0. The second kappa shape index (κ2) is 10.9. The molecule has 1 heterocycles. The molecule has 28 heavy (non-hydrogen) atoms. The van der Waals surface area contributed by atoms with Crippen molar-refractivity contribution in [2.45, 2.75) is 50.5 Å². The molecule has 2 aromatic rings. The van der Waals surface area contributed by atoms with Gasteiger partial charge in [-0.1, -0.05) is 72.7 Å². The molecule has 0 saturated heterocycles. The van der Waals surface area contributed by atoms with Crippen LogP contribution in [0.5, 0.6) is 0 Å². The van der Waals surface area contributed by atoms with E-state index in [9.17, 15) is 9.36 Å². The molecule has 6 heteroatoms. The van der Waals surface area contributed by atoms with Gasteiger partial charge in [-0.2, -0.15) is 0 Å². The van der Waals surface area contributed by atoms with Gasteiger partial charge in [0.25, 0.3) is 0 Å². The van der Waals surface area contributed by atoms with Gasteiger partial charge in [0, 0.05) is 11.3 Å². The fourth-order valence-electron chi connectivity index (χ4n) is 4.00. The van der Waals surface area contributed by atoms with E-state index in [-0.39, 0.29) is 11.9 Å². The molecule has 0 amide bonds. The first-order chi connectivity index (χ1) is 13.7. The van der Waals surface area contributed by atoms with Gasteiger partial charge < -0.3 is 4.74 Å². The molecule has 0 bridgehead atoms. The number of rotatable bonds is 9. The van der Waals surface area contributed by atoms with Crippen LogP contribution in [-0.4, -0.2) is 29.2 Å². The molecule has 1 fully saturated rings. The average Bonchev–Trinajstić information content (AvgIpc) is 2.72. The van der Waals surface area contributed by atoms with E-state index in [1.54, 1.807) is 11.8 Å². The van der Waals surface area contributed by atoms with Gasteiger partial charge in [-0.05, 0) is 25.0 Å². The van der Waals surface area contributed by atoms with Crippen LogP contribution in [0.15, 0.2) is 41.4 Å². The number of carbonyl (C=O) groups is 1. The molecular formula is C22H29NO3PS+. The molecule has 3 rings (SSSR count). The summed E-state index contributed by atoms with van der Waals surface area (Å²) in [5.74, 6) is 0.527. The summed E-state index contributed by atoms with van der Waals surface area (Å²) in [6.45, 7) is 2.24. The summed E-state index contributed by atoms with van der Waals surface area (Å²) in [5.41, 5.74) is 1.51. The Labute approximate surface area is 172 Å². The Hall–Kier alpha value is -1.45. The van der Waals surface area contributed by atoms with Crippen molar-refractivity contribution >= 4 is 36.4 Å². The first kappa shape index (κ1) is 21.3. The van der Waals surface area contributed by atoms with Gasteiger partial charge in [0.05, 0.1) is 18.5 Å². The van der Waals surface area contributed by atoms with Crippen LogP contribution in [0.25, 0.3) is 10.9 Å². The highest BCUT2D eigenvalue weighted by Gasteiger charge is 2.33. The number of ether oxygens (including phenoxy) is 1. The zero-order valence-electron chi connectivity index (χ0n) is 16.5. The minimum Gasteiger partial charge on any atom is -0.466 e. The molecule has 2 atom stereocenters. The molecule has 1 saturated carbocycles. The maximum atomic E-state index is 12.8. The van der Waals surface area contributed by atoms with Gasteiger partial charge in [0.1, 0.15) is 5.03 Å². The lowest BCUT2D eigenvalue weighted by Crippen LogP contribution is -2.24. The highest BCUT2D eigenvalue weighted by atomic mass is 32.2. The van der Waals surface area contributed by atoms with Crippen molar-refractivity contribution in [1.29, 1.82) is 0 Å². The number of hydrogen-bond acceptors (Lipinski definition) is 5. The standard InChI is InChI=1S/C22H29NO3PS/c1-2-26-22(24)14-19(17-8-4-3-5-9-17)15-27(25)16-28-21-13-12-18-10-6-7-11-20(18)23-21/h6-7,10-13,17,19H,2-5,8-9,14-16H2,1H3/q+1. The minimum atomic E-state index is -1.39. The van der Waals surface area contributed by atoms with Crippen molar-refractivity contribution in [2.75, 3.05) is 18.3 Å². The Kier molecular flexibility index (Phi) is 8.29. The summed E-state index contributed by atoms with van der Waals surface area (Å²) in [6.07, 6.45) is 7.02. The maximum Gasteiger partial charge on any atom is 0.350 e. The molecular weight excluding hydrogens is 389 g/mol. The molecule has 0 radical (unpaired) electrons. The summed E-state index contributed by atoms with van der Waals surface area (Å²) in [7, 11) is -1.39. The molecule has 1 aliphatic rings. The Morgan fingerprint density at radius 1 is 1.21 bits per heavy atom. The predicted octanol–water partition coefficient (Wildman–Crippen LogP) is 6.26. The third-order valence-electron chi connectivity index (χ3n) is 5.42. The number of aromatic nitrogens is 1. The smallest absolute Gasteiger partial charge is 0.350 e. The number of thioether (sulfide) groups is 1. The van der Waals surface area contributed by atoms with Crippen LogP contribution in [0.1, 0.15) is 45.4 Å². The van der Waals surface area contributed by atoms with Crippen molar-refractivity contribution in [3.8, 4) is 0 Å².